The summed E-state index contributed by atoms with van der Waals surface area (Å²) in [6.07, 6.45) is 15.8. The molecule has 0 radical (unpaired) electrons. The van der Waals surface area contributed by atoms with Crippen LogP contribution in [0.3, 0.4) is 0 Å². The highest BCUT2D eigenvalue weighted by Gasteiger charge is 2.61. The van der Waals surface area contributed by atoms with Crippen molar-refractivity contribution in [2.45, 2.75) is 76.7 Å². The van der Waals surface area contributed by atoms with Crippen LogP contribution in [0, 0.1) is 35.0 Å². The van der Waals surface area contributed by atoms with Crippen LogP contribution in [-0.2, 0) is 0 Å². The van der Waals surface area contributed by atoms with Crippen molar-refractivity contribution in [3.05, 3.63) is 12.7 Å². The second-order valence-corrected chi connectivity index (χ2v) is 8.82. The molecule has 0 amide bonds. The molecule has 4 fully saturated rings. The zero-order valence-electron chi connectivity index (χ0n) is 13.7. The zero-order chi connectivity index (χ0) is 14.7. The van der Waals surface area contributed by atoms with Crippen LogP contribution in [0.1, 0.15) is 71.1 Å². The van der Waals surface area contributed by atoms with E-state index in [2.05, 4.69) is 19.6 Å². The Balaban J connectivity index is 1.64. The van der Waals surface area contributed by atoms with Gasteiger partial charge in [0.25, 0.3) is 0 Å². The van der Waals surface area contributed by atoms with Crippen molar-refractivity contribution in [3.63, 3.8) is 0 Å². The fourth-order valence-electron chi connectivity index (χ4n) is 7.28. The molecule has 0 spiro atoms. The second-order valence-electron chi connectivity index (χ2n) is 8.82. The normalized spacial score (nSPS) is 56.2. The molecule has 0 bridgehead atoms. The third-order valence-electron chi connectivity index (χ3n) is 8.32. The number of hydrogen-bond acceptors (Lipinski definition) is 1. The highest BCUT2D eigenvalue weighted by Crippen LogP contribution is 2.65. The summed E-state index contributed by atoms with van der Waals surface area (Å²) in [7, 11) is 0. The van der Waals surface area contributed by atoms with Gasteiger partial charge in [-0.2, -0.15) is 0 Å². The molecule has 4 saturated carbocycles. The Morgan fingerprint density at radius 2 is 1.71 bits per heavy atom. The van der Waals surface area contributed by atoms with Crippen LogP contribution in [0.25, 0.3) is 0 Å². The van der Waals surface area contributed by atoms with Crippen molar-refractivity contribution >= 4 is 0 Å². The van der Waals surface area contributed by atoms with Gasteiger partial charge in [0, 0.05) is 5.41 Å². The van der Waals surface area contributed by atoms with E-state index in [0.29, 0.717) is 5.92 Å². The summed E-state index contributed by atoms with van der Waals surface area (Å²) < 4.78 is 0. The molecule has 4 unspecified atom stereocenters. The topological polar surface area (TPSA) is 20.2 Å². The molecule has 7 atom stereocenters. The molecule has 1 nitrogen and oxygen atoms in total. The predicted octanol–water partition coefficient (Wildman–Crippen LogP) is 4.95. The molecule has 0 aliphatic heterocycles. The first-order valence-corrected chi connectivity index (χ1v) is 9.45. The van der Waals surface area contributed by atoms with Crippen LogP contribution < -0.4 is 0 Å². The van der Waals surface area contributed by atoms with E-state index in [0.717, 1.165) is 30.1 Å². The largest absolute Gasteiger partial charge is 0.389 e. The Hall–Kier alpha value is -0.300. The summed E-state index contributed by atoms with van der Waals surface area (Å²) >= 11 is 0. The molecule has 1 N–H and O–H groups in total. The molecule has 0 aromatic carbocycles. The molecule has 0 aromatic rings. The van der Waals surface area contributed by atoms with Crippen molar-refractivity contribution in [1.29, 1.82) is 0 Å². The van der Waals surface area contributed by atoms with Gasteiger partial charge >= 0.3 is 0 Å². The second kappa shape index (κ2) is 4.85. The zero-order valence-corrected chi connectivity index (χ0v) is 13.7. The molecule has 118 valence electrons. The van der Waals surface area contributed by atoms with Gasteiger partial charge in [-0.25, -0.2) is 0 Å². The van der Waals surface area contributed by atoms with E-state index in [1.165, 1.54) is 57.8 Å². The van der Waals surface area contributed by atoms with Crippen LogP contribution in [0.4, 0.5) is 0 Å². The molecule has 0 heterocycles. The van der Waals surface area contributed by atoms with E-state index >= 15 is 0 Å². The highest BCUT2D eigenvalue weighted by molar-refractivity contribution is 5.18. The number of hydrogen-bond donors (Lipinski definition) is 1. The van der Waals surface area contributed by atoms with Crippen LogP contribution >= 0.6 is 0 Å². The fraction of sp³-hybridized carbons (Fsp3) is 0.900. The maximum Gasteiger partial charge on any atom is 0.0712 e. The molecule has 1 heteroatoms. The lowest BCUT2D eigenvalue weighted by Gasteiger charge is -2.56. The smallest absolute Gasteiger partial charge is 0.0712 e. The lowest BCUT2D eigenvalue weighted by Crippen LogP contribution is -2.52. The Morgan fingerprint density at radius 3 is 2.52 bits per heavy atom. The Morgan fingerprint density at radius 1 is 0.905 bits per heavy atom. The van der Waals surface area contributed by atoms with Gasteiger partial charge in [-0.05, 0) is 81.5 Å². The molecular weight excluding hydrogens is 256 g/mol. The summed E-state index contributed by atoms with van der Waals surface area (Å²) in [5, 5.41) is 11.0. The molecule has 4 rings (SSSR count). The Labute approximate surface area is 130 Å². The van der Waals surface area contributed by atoms with Gasteiger partial charge in [-0.15, -0.1) is 6.58 Å². The van der Waals surface area contributed by atoms with E-state index < -0.39 is 5.60 Å². The first kappa shape index (κ1) is 14.3. The summed E-state index contributed by atoms with van der Waals surface area (Å²) in [6, 6.07) is 0. The van der Waals surface area contributed by atoms with E-state index in [-0.39, 0.29) is 5.41 Å². The van der Waals surface area contributed by atoms with Gasteiger partial charge in [0.1, 0.15) is 0 Å². The SMILES string of the molecule is C=C[C@@]12CCC3C(CC[C@H]4CCCCC34)C1CC[C@]2(C)O. The number of fused-ring (bicyclic) bond motifs is 5. The van der Waals surface area contributed by atoms with Crippen LogP contribution in [-0.4, -0.2) is 10.7 Å². The first-order valence-electron chi connectivity index (χ1n) is 9.45. The van der Waals surface area contributed by atoms with E-state index in [4.69, 9.17) is 0 Å². The van der Waals surface area contributed by atoms with Crippen molar-refractivity contribution in [2.24, 2.45) is 35.0 Å². The van der Waals surface area contributed by atoms with Crippen molar-refractivity contribution in [1.82, 2.24) is 0 Å². The minimum absolute atomic E-state index is 0.0235. The lowest BCUT2D eigenvalue weighted by atomic mass is 9.49. The van der Waals surface area contributed by atoms with Crippen LogP contribution in [0.15, 0.2) is 12.7 Å². The Kier molecular flexibility index (Phi) is 3.30. The van der Waals surface area contributed by atoms with Gasteiger partial charge < -0.3 is 5.11 Å². The maximum absolute atomic E-state index is 11.0. The summed E-state index contributed by atoms with van der Waals surface area (Å²) in [4.78, 5) is 0. The maximum atomic E-state index is 11.0. The minimum Gasteiger partial charge on any atom is -0.389 e. The van der Waals surface area contributed by atoms with Gasteiger partial charge in [0.05, 0.1) is 5.60 Å². The average Bonchev–Trinajstić information content (AvgIpc) is 2.79. The van der Waals surface area contributed by atoms with Crippen molar-refractivity contribution in [3.8, 4) is 0 Å². The molecule has 0 saturated heterocycles. The molecule has 4 aliphatic carbocycles. The third-order valence-corrected chi connectivity index (χ3v) is 8.32. The summed E-state index contributed by atoms with van der Waals surface area (Å²) in [5.74, 6) is 4.62. The summed E-state index contributed by atoms with van der Waals surface area (Å²) in [5.41, 5.74) is -0.483. The molecule has 0 aromatic heterocycles. The average molecular weight is 288 g/mol. The van der Waals surface area contributed by atoms with Crippen LogP contribution in [0.5, 0.6) is 0 Å². The quantitative estimate of drug-likeness (QED) is 0.677. The van der Waals surface area contributed by atoms with Gasteiger partial charge in [0.15, 0.2) is 0 Å². The fourth-order valence-corrected chi connectivity index (χ4v) is 7.28. The number of rotatable bonds is 1. The van der Waals surface area contributed by atoms with E-state index in [1.807, 2.05) is 0 Å². The van der Waals surface area contributed by atoms with Crippen molar-refractivity contribution in [2.75, 3.05) is 0 Å². The third kappa shape index (κ3) is 1.85. The lowest BCUT2D eigenvalue weighted by molar-refractivity contribution is -0.105. The van der Waals surface area contributed by atoms with Gasteiger partial charge in [-0.1, -0.05) is 25.3 Å². The standard InChI is InChI=1S/C20H32O/c1-3-20-13-10-16-15-7-5-4-6-14(15)8-9-17(16)18(20)11-12-19(20,2)21/h3,14-18,21H,1,4-13H2,2H3/t14-,15?,16?,17?,18?,19+,20-/m1/s1. The minimum atomic E-state index is -0.506. The van der Waals surface area contributed by atoms with Crippen LogP contribution in [0.2, 0.25) is 0 Å². The molecular formula is C20H32O. The van der Waals surface area contributed by atoms with Gasteiger partial charge in [-0.3, -0.25) is 0 Å². The first-order chi connectivity index (χ1) is 10.1. The summed E-state index contributed by atoms with van der Waals surface area (Å²) in [6.45, 7) is 6.26. The number of aliphatic hydroxyl groups is 1. The molecule has 21 heavy (non-hydrogen) atoms. The van der Waals surface area contributed by atoms with Crippen molar-refractivity contribution < 1.29 is 5.11 Å². The Bertz CT molecular complexity index is 426. The highest BCUT2D eigenvalue weighted by atomic mass is 16.3. The molecule has 4 aliphatic rings. The van der Waals surface area contributed by atoms with E-state index in [1.54, 1.807) is 0 Å². The predicted molar refractivity (Wildman–Crippen MR) is 86.9 cm³/mol. The monoisotopic (exact) mass is 288 g/mol. The van der Waals surface area contributed by atoms with Gasteiger partial charge in [0.2, 0.25) is 0 Å². The van der Waals surface area contributed by atoms with E-state index in [9.17, 15) is 5.11 Å².